The number of hydrogen-bond acceptors (Lipinski definition) is 2. The van der Waals surface area contributed by atoms with Gasteiger partial charge in [-0.1, -0.05) is 0 Å². The van der Waals surface area contributed by atoms with Gasteiger partial charge in [0.25, 0.3) is 0 Å². The molecule has 0 aromatic heterocycles. The Balaban J connectivity index is 0.000000640. The standard InChI is InChI=1S/C6H13NS.ClH/c1-8-6-3-2-4-7-5-6;/h6-7H,2-5H2,1H3;1H. The Labute approximate surface area is 67.4 Å². The zero-order chi connectivity index (χ0) is 5.82. The van der Waals surface area contributed by atoms with Gasteiger partial charge in [-0.3, -0.25) is 0 Å². The lowest BCUT2D eigenvalue weighted by molar-refractivity contribution is 0.532. The molecule has 56 valence electrons. The summed E-state index contributed by atoms with van der Waals surface area (Å²) < 4.78 is 0. The molecule has 1 fully saturated rings. The predicted molar refractivity (Wildman–Crippen MR) is 46.7 cm³/mol. The maximum absolute atomic E-state index is 3.36. The van der Waals surface area contributed by atoms with Crippen molar-refractivity contribution in [2.75, 3.05) is 19.3 Å². The SMILES string of the molecule is CSC1CCCNC1.Cl. The summed E-state index contributed by atoms with van der Waals surface area (Å²) in [7, 11) is 0. The topological polar surface area (TPSA) is 12.0 Å². The van der Waals surface area contributed by atoms with Gasteiger partial charge in [-0.2, -0.15) is 11.8 Å². The van der Waals surface area contributed by atoms with Crippen molar-refractivity contribution < 1.29 is 0 Å². The third kappa shape index (κ3) is 3.33. The minimum Gasteiger partial charge on any atom is -0.316 e. The van der Waals surface area contributed by atoms with Gasteiger partial charge in [0.2, 0.25) is 0 Å². The molecular formula is C6H14ClNS. The lowest BCUT2D eigenvalue weighted by Crippen LogP contribution is -2.31. The largest absolute Gasteiger partial charge is 0.316 e. The highest BCUT2D eigenvalue weighted by Gasteiger charge is 2.09. The summed E-state index contributed by atoms with van der Waals surface area (Å²) in [6, 6.07) is 0. The fraction of sp³-hybridized carbons (Fsp3) is 1.00. The highest BCUT2D eigenvalue weighted by atomic mass is 35.5. The van der Waals surface area contributed by atoms with E-state index in [1.54, 1.807) is 0 Å². The average molecular weight is 168 g/mol. The molecule has 1 heterocycles. The van der Waals surface area contributed by atoms with Crippen LogP contribution in [-0.4, -0.2) is 24.6 Å². The van der Waals surface area contributed by atoms with Gasteiger partial charge in [-0.25, -0.2) is 0 Å². The maximum Gasteiger partial charge on any atom is 0.0170 e. The van der Waals surface area contributed by atoms with Crippen LogP contribution in [-0.2, 0) is 0 Å². The summed E-state index contributed by atoms with van der Waals surface area (Å²) >= 11 is 1.98. The molecule has 0 aromatic carbocycles. The summed E-state index contributed by atoms with van der Waals surface area (Å²) in [5.41, 5.74) is 0. The molecular weight excluding hydrogens is 154 g/mol. The van der Waals surface area contributed by atoms with Crippen molar-refractivity contribution in [1.82, 2.24) is 5.32 Å². The van der Waals surface area contributed by atoms with Crippen LogP contribution in [0.5, 0.6) is 0 Å². The summed E-state index contributed by atoms with van der Waals surface area (Å²) in [5, 5.41) is 4.26. The van der Waals surface area contributed by atoms with E-state index in [-0.39, 0.29) is 12.4 Å². The summed E-state index contributed by atoms with van der Waals surface area (Å²) in [6.07, 6.45) is 4.97. The minimum absolute atomic E-state index is 0. The van der Waals surface area contributed by atoms with Crippen molar-refractivity contribution in [2.24, 2.45) is 0 Å². The minimum atomic E-state index is 0. The van der Waals surface area contributed by atoms with Crippen molar-refractivity contribution in [3.8, 4) is 0 Å². The number of thioether (sulfide) groups is 1. The van der Waals surface area contributed by atoms with Crippen molar-refractivity contribution in [3.63, 3.8) is 0 Å². The van der Waals surface area contributed by atoms with Crippen LogP contribution in [0.15, 0.2) is 0 Å². The fourth-order valence-electron chi connectivity index (χ4n) is 1.02. The molecule has 0 aromatic rings. The molecule has 1 saturated heterocycles. The molecule has 1 aliphatic rings. The Bertz CT molecular complexity index is 64.1. The third-order valence-corrected chi connectivity index (χ3v) is 2.65. The van der Waals surface area contributed by atoms with Crippen LogP contribution in [0.25, 0.3) is 0 Å². The van der Waals surface area contributed by atoms with Crippen molar-refractivity contribution >= 4 is 24.2 Å². The second kappa shape index (κ2) is 5.39. The first-order valence-electron chi connectivity index (χ1n) is 3.17. The monoisotopic (exact) mass is 167 g/mol. The molecule has 1 unspecified atom stereocenters. The van der Waals surface area contributed by atoms with Crippen molar-refractivity contribution in [3.05, 3.63) is 0 Å². The molecule has 1 rings (SSSR count). The van der Waals surface area contributed by atoms with E-state index in [0.717, 1.165) is 5.25 Å². The van der Waals surface area contributed by atoms with E-state index in [4.69, 9.17) is 0 Å². The molecule has 0 saturated carbocycles. The average Bonchev–Trinajstić information content (AvgIpc) is 1.90. The molecule has 1 aliphatic heterocycles. The van der Waals surface area contributed by atoms with Crippen LogP contribution < -0.4 is 5.32 Å². The van der Waals surface area contributed by atoms with E-state index in [9.17, 15) is 0 Å². The lowest BCUT2D eigenvalue weighted by Gasteiger charge is -2.19. The quantitative estimate of drug-likeness (QED) is 0.636. The van der Waals surface area contributed by atoms with Gasteiger partial charge < -0.3 is 5.32 Å². The van der Waals surface area contributed by atoms with Crippen molar-refractivity contribution in [1.29, 1.82) is 0 Å². The van der Waals surface area contributed by atoms with Crippen molar-refractivity contribution in [2.45, 2.75) is 18.1 Å². The molecule has 0 aliphatic carbocycles. The molecule has 0 amide bonds. The summed E-state index contributed by atoms with van der Waals surface area (Å²) in [5.74, 6) is 0. The number of nitrogens with one attached hydrogen (secondary N) is 1. The molecule has 1 nitrogen and oxygen atoms in total. The van der Waals surface area contributed by atoms with Gasteiger partial charge in [0.15, 0.2) is 0 Å². The van der Waals surface area contributed by atoms with E-state index in [0.29, 0.717) is 0 Å². The lowest BCUT2D eigenvalue weighted by atomic mass is 10.2. The Morgan fingerprint density at radius 1 is 1.56 bits per heavy atom. The number of halogens is 1. The van der Waals surface area contributed by atoms with Crippen LogP contribution in [0.4, 0.5) is 0 Å². The van der Waals surface area contributed by atoms with E-state index < -0.39 is 0 Å². The zero-order valence-electron chi connectivity index (χ0n) is 5.72. The first-order valence-corrected chi connectivity index (χ1v) is 4.46. The van der Waals surface area contributed by atoms with Crippen LogP contribution >= 0.6 is 24.2 Å². The number of piperidine rings is 1. The zero-order valence-corrected chi connectivity index (χ0v) is 7.36. The van der Waals surface area contributed by atoms with E-state index in [1.807, 2.05) is 11.8 Å². The maximum atomic E-state index is 3.36. The normalized spacial score (nSPS) is 27.0. The Hall–Kier alpha value is 0.600. The second-order valence-corrected chi connectivity index (χ2v) is 3.34. The van der Waals surface area contributed by atoms with Gasteiger partial charge in [-0.15, -0.1) is 12.4 Å². The molecule has 0 radical (unpaired) electrons. The predicted octanol–water partition coefficient (Wildman–Crippen LogP) is 1.52. The Kier molecular flexibility index (Phi) is 5.75. The van der Waals surface area contributed by atoms with E-state index in [2.05, 4.69) is 11.6 Å². The molecule has 0 spiro atoms. The summed E-state index contributed by atoms with van der Waals surface area (Å²) in [4.78, 5) is 0. The van der Waals surface area contributed by atoms with Gasteiger partial charge >= 0.3 is 0 Å². The highest BCUT2D eigenvalue weighted by Crippen LogP contribution is 2.14. The third-order valence-electron chi connectivity index (χ3n) is 1.58. The molecule has 0 bridgehead atoms. The van der Waals surface area contributed by atoms with E-state index >= 15 is 0 Å². The molecule has 1 N–H and O–H groups in total. The van der Waals surface area contributed by atoms with E-state index in [1.165, 1.54) is 25.9 Å². The molecule has 9 heavy (non-hydrogen) atoms. The highest BCUT2D eigenvalue weighted by molar-refractivity contribution is 7.99. The van der Waals surface area contributed by atoms with Gasteiger partial charge in [0, 0.05) is 11.8 Å². The van der Waals surface area contributed by atoms with Gasteiger partial charge in [0.1, 0.15) is 0 Å². The Morgan fingerprint density at radius 2 is 2.33 bits per heavy atom. The fourth-order valence-corrected chi connectivity index (χ4v) is 1.71. The van der Waals surface area contributed by atoms with Gasteiger partial charge in [-0.05, 0) is 25.6 Å². The Morgan fingerprint density at radius 3 is 2.67 bits per heavy atom. The molecule has 3 heteroatoms. The van der Waals surface area contributed by atoms with Crippen LogP contribution in [0, 0.1) is 0 Å². The first kappa shape index (κ1) is 9.60. The smallest absolute Gasteiger partial charge is 0.0170 e. The van der Waals surface area contributed by atoms with Gasteiger partial charge in [0.05, 0.1) is 0 Å². The number of rotatable bonds is 1. The van der Waals surface area contributed by atoms with Crippen LogP contribution in [0.2, 0.25) is 0 Å². The summed E-state index contributed by atoms with van der Waals surface area (Å²) in [6.45, 7) is 2.46. The second-order valence-electron chi connectivity index (χ2n) is 2.20. The first-order chi connectivity index (χ1) is 3.93. The molecule has 1 atom stereocenters. The number of hydrogen-bond donors (Lipinski definition) is 1. The van der Waals surface area contributed by atoms with Crippen LogP contribution in [0.3, 0.4) is 0 Å². The van der Waals surface area contributed by atoms with Crippen LogP contribution in [0.1, 0.15) is 12.8 Å².